The molecule has 0 unspecified atom stereocenters. The molecule has 3 nitrogen and oxygen atoms in total. The Morgan fingerprint density at radius 1 is 0.941 bits per heavy atom. The van der Waals surface area contributed by atoms with Crippen molar-refractivity contribution < 1.29 is 0 Å². The van der Waals surface area contributed by atoms with Crippen molar-refractivity contribution in [3.05, 3.63) is 38.6 Å². The van der Waals surface area contributed by atoms with E-state index in [9.17, 15) is 0 Å². The summed E-state index contributed by atoms with van der Waals surface area (Å²) in [7, 11) is 0. The summed E-state index contributed by atoms with van der Waals surface area (Å²) in [6.45, 7) is 0. The van der Waals surface area contributed by atoms with Gasteiger partial charge >= 0.3 is 0 Å². The maximum Gasteiger partial charge on any atom is 0.164 e. The van der Waals surface area contributed by atoms with Gasteiger partial charge in [-0.05, 0) is 18.2 Å². The molecule has 0 spiro atoms. The van der Waals surface area contributed by atoms with Crippen LogP contribution in [0, 0.1) is 0 Å². The van der Waals surface area contributed by atoms with Crippen molar-refractivity contribution in [3.63, 3.8) is 0 Å². The lowest BCUT2D eigenvalue weighted by Gasteiger charge is -2.06. The Hall–Kier alpha value is -0.740. The molecule has 88 valence electrons. The molecule has 0 amide bonds. The van der Waals surface area contributed by atoms with E-state index in [1.54, 1.807) is 18.2 Å². The zero-order valence-corrected chi connectivity index (χ0v) is 11.2. The van der Waals surface area contributed by atoms with Crippen molar-refractivity contribution in [1.82, 2.24) is 9.97 Å². The zero-order chi connectivity index (χ0) is 12.6. The molecule has 0 fully saturated rings. The predicted molar refractivity (Wildman–Crippen MR) is 71.9 cm³/mol. The number of hydrogen-bond acceptors (Lipinski definition) is 3. The van der Waals surface area contributed by atoms with Gasteiger partial charge in [0.05, 0.1) is 5.02 Å². The highest BCUT2D eigenvalue weighted by Gasteiger charge is 2.12. The molecule has 1 heterocycles. The lowest BCUT2D eigenvalue weighted by molar-refractivity contribution is 1.18. The maximum atomic E-state index is 6.03. The Balaban J connectivity index is 2.61. The molecule has 2 aromatic rings. The van der Waals surface area contributed by atoms with Crippen LogP contribution < -0.4 is 5.73 Å². The summed E-state index contributed by atoms with van der Waals surface area (Å²) < 4.78 is 0. The number of benzene rings is 1. The van der Waals surface area contributed by atoms with Crippen LogP contribution in [0.15, 0.2) is 18.2 Å². The number of halogens is 4. The second-order valence-corrected chi connectivity index (χ2v) is 4.73. The van der Waals surface area contributed by atoms with E-state index in [1.807, 2.05) is 0 Å². The van der Waals surface area contributed by atoms with Crippen molar-refractivity contribution in [2.45, 2.75) is 0 Å². The van der Waals surface area contributed by atoms with Gasteiger partial charge in [-0.25, -0.2) is 9.97 Å². The molecule has 0 atom stereocenters. The highest BCUT2D eigenvalue weighted by molar-refractivity contribution is 6.38. The largest absolute Gasteiger partial charge is 0.394 e. The Morgan fingerprint density at radius 3 is 2.06 bits per heavy atom. The van der Waals surface area contributed by atoms with Gasteiger partial charge < -0.3 is 5.73 Å². The fourth-order valence-electron chi connectivity index (χ4n) is 1.21. The van der Waals surface area contributed by atoms with Crippen molar-refractivity contribution >= 4 is 52.1 Å². The van der Waals surface area contributed by atoms with Crippen molar-refractivity contribution in [1.29, 1.82) is 0 Å². The maximum absolute atomic E-state index is 6.03. The lowest BCUT2D eigenvalue weighted by atomic mass is 10.2. The standard InChI is InChI=1S/C10H5Cl4N3/c11-4-1-2-5(6(12)3-4)10-16-8(13)7(15)9(14)17-10/h1-3H,15H2. The fourth-order valence-corrected chi connectivity index (χ4v) is 2.09. The van der Waals surface area contributed by atoms with Gasteiger partial charge in [-0.15, -0.1) is 0 Å². The number of hydrogen-bond donors (Lipinski definition) is 1. The van der Waals surface area contributed by atoms with Gasteiger partial charge in [0, 0.05) is 10.6 Å². The molecule has 0 saturated heterocycles. The van der Waals surface area contributed by atoms with Crippen LogP contribution in [0.5, 0.6) is 0 Å². The van der Waals surface area contributed by atoms with Crippen LogP contribution in [0.25, 0.3) is 11.4 Å². The minimum atomic E-state index is 0.0889. The molecule has 7 heteroatoms. The van der Waals surface area contributed by atoms with E-state index in [2.05, 4.69) is 9.97 Å². The van der Waals surface area contributed by atoms with E-state index in [4.69, 9.17) is 52.1 Å². The van der Waals surface area contributed by atoms with Gasteiger partial charge in [-0.1, -0.05) is 46.4 Å². The highest BCUT2D eigenvalue weighted by Crippen LogP contribution is 2.32. The Morgan fingerprint density at radius 2 is 1.53 bits per heavy atom. The predicted octanol–water partition coefficient (Wildman–Crippen LogP) is 4.34. The average Bonchev–Trinajstić information content (AvgIpc) is 2.25. The highest BCUT2D eigenvalue weighted by atomic mass is 35.5. The Kier molecular flexibility index (Phi) is 3.64. The normalized spacial score (nSPS) is 10.6. The average molecular weight is 309 g/mol. The second-order valence-electron chi connectivity index (χ2n) is 3.17. The quantitative estimate of drug-likeness (QED) is 0.797. The van der Waals surface area contributed by atoms with Gasteiger partial charge in [-0.3, -0.25) is 0 Å². The molecule has 1 aromatic carbocycles. The monoisotopic (exact) mass is 307 g/mol. The molecule has 0 aliphatic heterocycles. The van der Waals surface area contributed by atoms with Crippen molar-refractivity contribution in [2.75, 3.05) is 5.73 Å². The van der Waals surface area contributed by atoms with Crippen LogP contribution in [0.2, 0.25) is 20.4 Å². The summed E-state index contributed by atoms with van der Waals surface area (Å²) in [6.07, 6.45) is 0. The molecule has 0 radical (unpaired) electrons. The first kappa shape index (κ1) is 12.7. The van der Waals surface area contributed by atoms with Gasteiger partial charge in [0.1, 0.15) is 5.69 Å². The summed E-state index contributed by atoms with van der Waals surface area (Å²) in [5, 5.41) is 1.11. The molecule has 0 bridgehead atoms. The fraction of sp³-hybridized carbons (Fsp3) is 0. The summed E-state index contributed by atoms with van der Waals surface area (Å²) in [6, 6.07) is 4.94. The molecule has 0 saturated carbocycles. The van der Waals surface area contributed by atoms with Crippen LogP contribution in [0.3, 0.4) is 0 Å². The molecular formula is C10H5Cl4N3. The summed E-state index contributed by atoms with van der Waals surface area (Å²) in [4.78, 5) is 8.02. The molecule has 0 aliphatic carbocycles. The number of anilines is 1. The third-order valence-electron chi connectivity index (χ3n) is 2.02. The van der Waals surface area contributed by atoms with E-state index in [0.29, 0.717) is 21.4 Å². The zero-order valence-electron chi connectivity index (χ0n) is 8.22. The van der Waals surface area contributed by atoms with E-state index in [1.165, 1.54) is 0 Å². The molecule has 17 heavy (non-hydrogen) atoms. The molecule has 2 N–H and O–H groups in total. The SMILES string of the molecule is Nc1c(Cl)nc(-c2ccc(Cl)cc2Cl)nc1Cl. The Labute approximate surface area is 117 Å². The third-order valence-corrected chi connectivity index (χ3v) is 3.15. The Bertz CT molecular complexity index is 563. The van der Waals surface area contributed by atoms with Crippen LogP contribution in [0.1, 0.15) is 0 Å². The lowest BCUT2D eigenvalue weighted by Crippen LogP contribution is -1.97. The first-order valence-electron chi connectivity index (χ1n) is 4.43. The van der Waals surface area contributed by atoms with Crippen LogP contribution in [-0.2, 0) is 0 Å². The number of rotatable bonds is 1. The summed E-state index contributed by atoms with van der Waals surface area (Å²) in [5.41, 5.74) is 6.27. The minimum Gasteiger partial charge on any atom is -0.394 e. The van der Waals surface area contributed by atoms with Gasteiger partial charge in [0.2, 0.25) is 0 Å². The van der Waals surface area contributed by atoms with Gasteiger partial charge in [-0.2, -0.15) is 0 Å². The van der Waals surface area contributed by atoms with Crippen molar-refractivity contribution in [2.24, 2.45) is 0 Å². The molecular weight excluding hydrogens is 304 g/mol. The number of aromatic nitrogens is 2. The van der Waals surface area contributed by atoms with E-state index >= 15 is 0 Å². The summed E-state index contributed by atoms with van der Waals surface area (Å²) >= 11 is 23.5. The number of nitrogens with zero attached hydrogens (tertiary/aromatic N) is 2. The first-order chi connectivity index (χ1) is 7.99. The van der Waals surface area contributed by atoms with Gasteiger partial charge in [0.25, 0.3) is 0 Å². The first-order valence-corrected chi connectivity index (χ1v) is 5.94. The topological polar surface area (TPSA) is 51.8 Å². The van der Waals surface area contributed by atoms with E-state index in [0.717, 1.165) is 0 Å². The third kappa shape index (κ3) is 2.58. The van der Waals surface area contributed by atoms with Crippen molar-refractivity contribution in [3.8, 4) is 11.4 Å². The summed E-state index contributed by atoms with van der Waals surface area (Å²) in [5.74, 6) is 0.302. The number of nitrogen functional groups attached to an aromatic ring is 1. The second kappa shape index (κ2) is 4.86. The van der Waals surface area contributed by atoms with Gasteiger partial charge in [0.15, 0.2) is 16.1 Å². The molecule has 2 rings (SSSR count). The van der Waals surface area contributed by atoms with Crippen LogP contribution in [-0.4, -0.2) is 9.97 Å². The van der Waals surface area contributed by atoms with E-state index in [-0.39, 0.29) is 16.0 Å². The smallest absolute Gasteiger partial charge is 0.164 e. The molecule has 0 aliphatic rings. The molecule has 1 aromatic heterocycles. The minimum absolute atomic E-state index is 0.0889. The van der Waals surface area contributed by atoms with Crippen LogP contribution in [0.4, 0.5) is 5.69 Å². The number of nitrogens with two attached hydrogens (primary N) is 1. The van der Waals surface area contributed by atoms with Crippen LogP contribution >= 0.6 is 46.4 Å². The van der Waals surface area contributed by atoms with E-state index < -0.39 is 0 Å².